The zero-order valence-corrected chi connectivity index (χ0v) is 33.9. The van der Waals surface area contributed by atoms with Crippen molar-refractivity contribution in [2.24, 2.45) is 0 Å². The zero-order valence-electron chi connectivity index (χ0n) is 33.9. The van der Waals surface area contributed by atoms with E-state index < -0.39 is 0 Å². The van der Waals surface area contributed by atoms with Crippen molar-refractivity contribution in [1.29, 1.82) is 0 Å². The van der Waals surface area contributed by atoms with Gasteiger partial charge in [-0.15, -0.1) is 0 Å². The third-order valence-electron chi connectivity index (χ3n) is 12.3. The van der Waals surface area contributed by atoms with Crippen LogP contribution >= 0.6 is 0 Å². The molecular weight excluding hydrogens is 751 g/mol. The molecule has 2 aromatic heterocycles. The predicted molar refractivity (Wildman–Crippen MR) is 262 cm³/mol. The molecule has 0 fully saturated rings. The van der Waals surface area contributed by atoms with Crippen molar-refractivity contribution in [1.82, 2.24) is 9.55 Å². The van der Waals surface area contributed by atoms with Crippen LogP contribution in [0.3, 0.4) is 0 Å². The minimum atomic E-state index is 0.953. The van der Waals surface area contributed by atoms with Gasteiger partial charge in [0.15, 0.2) is 0 Å². The molecule has 3 nitrogen and oxygen atoms in total. The number of benzene rings is 10. The molecule has 0 spiro atoms. The highest BCUT2D eigenvalue weighted by molar-refractivity contribution is 6.11. The number of hydrogen-bond acceptors (Lipinski definition) is 2. The summed E-state index contributed by atoms with van der Waals surface area (Å²) in [5.74, 6) is 0. The summed E-state index contributed by atoms with van der Waals surface area (Å²) in [5, 5.41) is 8.41. The number of anilines is 3. The quantitative estimate of drug-likeness (QED) is 0.160. The van der Waals surface area contributed by atoms with Gasteiger partial charge < -0.3 is 9.47 Å². The Morgan fingerprint density at radius 3 is 1.76 bits per heavy atom. The number of nitrogens with zero attached hydrogens (tertiary/aromatic N) is 3. The van der Waals surface area contributed by atoms with E-state index in [0.717, 1.165) is 67.1 Å². The summed E-state index contributed by atoms with van der Waals surface area (Å²) in [6, 6.07) is 85.4. The van der Waals surface area contributed by atoms with Gasteiger partial charge in [-0.25, -0.2) is 4.98 Å². The molecule has 62 heavy (non-hydrogen) atoms. The second kappa shape index (κ2) is 14.8. The van der Waals surface area contributed by atoms with Crippen LogP contribution in [-0.4, -0.2) is 9.55 Å². The summed E-state index contributed by atoms with van der Waals surface area (Å²) >= 11 is 0. The Hall–Kier alpha value is -8.27. The van der Waals surface area contributed by atoms with Crippen molar-refractivity contribution < 1.29 is 0 Å². The van der Waals surface area contributed by atoms with Crippen LogP contribution in [0.5, 0.6) is 0 Å². The normalized spacial score (nSPS) is 11.5. The van der Waals surface area contributed by atoms with Crippen LogP contribution in [0.2, 0.25) is 0 Å². The maximum absolute atomic E-state index is 5.23. The lowest BCUT2D eigenvalue weighted by Gasteiger charge is -2.27. The van der Waals surface area contributed by atoms with E-state index in [1.807, 2.05) is 0 Å². The Bertz CT molecular complexity index is 3640. The molecule has 290 valence electrons. The number of rotatable bonds is 7. The Kier molecular flexibility index (Phi) is 8.50. The largest absolute Gasteiger partial charge is 0.310 e. The number of fused-ring (bicyclic) bond motifs is 6. The van der Waals surface area contributed by atoms with Gasteiger partial charge in [0, 0.05) is 44.2 Å². The number of para-hydroxylation sites is 2. The lowest BCUT2D eigenvalue weighted by Crippen LogP contribution is -2.10. The summed E-state index contributed by atoms with van der Waals surface area (Å²) in [5.41, 5.74) is 14.4. The van der Waals surface area contributed by atoms with Gasteiger partial charge in [0.25, 0.3) is 0 Å². The van der Waals surface area contributed by atoms with Crippen molar-refractivity contribution in [3.63, 3.8) is 0 Å². The van der Waals surface area contributed by atoms with E-state index >= 15 is 0 Å². The fourth-order valence-corrected chi connectivity index (χ4v) is 9.36. The molecule has 0 amide bonds. The monoisotopic (exact) mass is 789 g/mol. The maximum atomic E-state index is 5.23. The molecule has 0 unspecified atom stereocenters. The highest BCUT2D eigenvalue weighted by atomic mass is 15.1. The topological polar surface area (TPSA) is 21.1 Å². The Labute approximate surface area is 360 Å². The van der Waals surface area contributed by atoms with Crippen LogP contribution < -0.4 is 4.90 Å². The van der Waals surface area contributed by atoms with Crippen molar-refractivity contribution >= 4 is 71.3 Å². The van der Waals surface area contributed by atoms with E-state index in [0.29, 0.717) is 0 Å². The molecule has 0 N–H and O–H groups in total. The molecule has 0 aliphatic carbocycles. The lowest BCUT2D eigenvalue weighted by molar-refractivity contribution is 1.18. The summed E-state index contributed by atoms with van der Waals surface area (Å²) in [4.78, 5) is 7.64. The average Bonchev–Trinajstić information content (AvgIpc) is 3.67. The van der Waals surface area contributed by atoms with Crippen molar-refractivity contribution in [3.8, 4) is 39.2 Å². The van der Waals surface area contributed by atoms with Crippen molar-refractivity contribution in [3.05, 3.63) is 237 Å². The standard InChI is InChI=1S/C59H39N3/c1-3-16-42(17-4-1)54-39-56(60-55-27-12-11-26-51(54)55)46-31-34-53-52-33-30-45(37-58(52)62(59(53)38-46)47-22-5-2-6-23-47)44-21-13-24-48(36-44)61(49-32-29-40-15-7-8-19-43(40)35-49)57-28-14-20-41-18-9-10-25-50(41)57/h1-39H. The number of pyridine rings is 1. The van der Waals surface area contributed by atoms with Crippen LogP contribution in [0.1, 0.15) is 0 Å². The molecule has 12 rings (SSSR count). The summed E-state index contributed by atoms with van der Waals surface area (Å²) in [6.45, 7) is 0. The van der Waals surface area contributed by atoms with Gasteiger partial charge in [0.2, 0.25) is 0 Å². The van der Waals surface area contributed by atoms with E-state index in [-0.39, 0.29) is 0 Å². The molecule has 0 atom stereocenters. The van der Waals surface area contributed by atoms with Crippen LogP contribution in [0.25, 0.3) is 93.5 Å². The first kappa shape index (κ1) is 35.7. The Balaban J connectivity index is 1.03. The van der Waals surface area contributed by atoms with Gasteiger partial charge in [0.05, 0.1) is 27.9 Å². The van der Waals surface area contributed by atoms with E-state index in [1.54, 1.807) is 0 Å². The van der Waals surface area contributed by atoms with Crippen molar-refractivity contribution in [2.75, 3.05) is 4.90 Å². The molecule has 3 heteroatoms. The Morgan fingerprint density at radius 1 is 0.339 bits per heavy atom. The zero-order chi connectivity index (χ0) is 41.0. The van der Waals surface area contributed by atoms with E-state index in [2.05, 4.69) is 246 Å². The molecule has 0 aliphatic heterocycles. The van der Waals surface area contributed by atoms with Gasteiger partial charge >= 0.3 is 0 Å². The van der Waals surface area contributed by atoms with Gasteiger partial charge in [0.1, 0.15) is 0 Å². The second-order valence-electron chi connectivity index (χ2n) is 16.0. The fourth-order valence-electron chi connectivity index (χ4n) is 9.36. The Morgan fingerprint density at radius 2 is 0.935 bits per heavy atom. The summed E-state index contributed by atoms with van der Waals surface area (Å²) in [7, 11) is 0. The highest BCUT2D eigenvalue weighted by Gasteiger charge is 2.19. The minimum absolute atomic E-state index is 0.953. The molecule has 0 saturated carbocycles. The number of aromatic nitrogens is 2. The molecule has 0 bridgehead atoms. The first-order valence-electron chi connectivity index (χ1n) is 21.2. The first-order chi connectivity index (χ1) is 30.7. The van der Waals surface area contributed by atoms with Crippen LogP contribution in [-0.2, 0) is 0 Å². The summed E-state index contributed by atoms with van der Waals surface area (Å²) in [6.07, 6.45) is 0. The van der Waals surface area contributed by atoms with E-state index in [1.165, 1.54) is 43.4 Å². The first-order valence-corrected chi connectivity index (χ1v) is 21.2. The van der Waals surface area contributed by atoms with Crippen LogP contribution in [0, 0.1) is 0 Å². The maximum Gasteiger partial charge on any atom is 0.0716 e. The predicted octanol–water partition coefficient (Wildman–Crippen LogP) is 16.1. The van der Waals surface area contributed by atoms with Crippen molar-refractivity contribution in [2.45, 2.75) is 0 Å². The van der Waals surface area contributed by atoms with Crippen LogP contribution in [0.4, 0.5) is 17.1 Å². The molecule has 0 saturated heterocycles. The second-order valence-corrected chi connectivity index (χ2v) is 16.0. The van der Waals surface area contributed by atoms with Gasteiger partial charge in [-0.2, -0.15) is 0 Å². The van der Waals surface area contributed by atoms with Gasteiger partial charge in [-0.1, -0.05) is 170 Å². The van der Waals surface area contributed by atoms with E-state index in [4.69, 9.17) is 4.98 Å². The third-order valence-corrected chi connectivity index (χ3v) is 12.3. The molecular formula is C59H39N3. The molecule has 0 aliphatic rings. The van der Waals surface area contributed by atoms with Crippen LogP contribution in [0.15, 0.2) is 237 Å². The molecule has 10 aromatic carbocycles. The third kappa shape index (κ3) is 6.10. The van der Waals surface area contributed by atoms with E-state index in [9.17, 15) is 0 Å². The smallest absolute Gasteiger partial charge is 0.0716 e. The molecule has 0 radical (unpaired) electrons. The minimum Gasteiger partial charge on any atom is -0.310 e. The number of hydrogen-bond donors (Lipinski definition) is 0. The lowest BCUT2D eigenvalue weighted by atomic mass is 9.98. The SMILES string of the molecule is c1ccc(-c2cc(-c3ccc4c5ccc(-c6cccc(N(c7ccc8ccccc8c7)c7cccc8ccccc78)c6)cc5n(-c5ccccc5)c4c3)nc3ccccc23)cc1. The summed E-state index contributed by atoms with van der Waals surface area (Å²) < 4.78 is 2.41. The highest BCUT2D eigenvalue weighted by Crippen LogP contribution is 2.43. The average molecular weight is 790 g/mol. The van der Waals surface area contributed by atoms with Gasteiger partial charge in [-0.05, 0) is 105 Å². The molecule has 12 aromatic rings. The fraction of sp³-hybridized carbons (Fsp3) is 0. The van der Waals surface area contributed by atoms with Gasteiger partial charge in [-0.3, -0.25) is 0 Å². The molecule has 2 heterocycles.